The molecule has 0 saturated carbocycles. The zero-order chi connectivity index (χ0) is 9.00. The van der Waals surface area contributed by atoms with Crippen LogP contribution in [-0.2, 0) is 0 Å². The monoisotopic (exact) mass is 472 g/mol. The van der Waals surface area contributed by atoms with Crippen LogP contribution in [0.25, 0.3) is 0 Å². The smallest absolute Gasteiger partial charge is 0.391 e. The summed E-state index contributed by atoms with van der Waals surface area (Å²) in [6, 6.07) is 0. The molecule has 11 heteroatoms. The Morgan fingerprint density at radius 1 is 0.455 bits per heavy atom. The van der Waals surface area contributed by atoms with Crippen molar-refractivity contribution >= 4 is 148 Å². The van der Waals surface area contributed by atoms with Crippen LogP contribution < -0.4 is 0 Å². The van der Waals surface area contributed by atoms with Crippen LogP contribution in [-0.4, -0.2) is 67.7 Å². The van der Waals surface area contributed by atoms with Crippen molar-refractivity contribution in [3.8, 4) is 0 Å². The molecule has 0 aliphatic carbocycles. The van der Waals surface area contributed by atoms with Gasteiger partial charge in [-0.05, 0) is 0 Å². The van der Waals surface area contributed by atoms with E-state index < -0.39 is 18.8 Å². The van der Waals surface area contributed by atoms with Gasteiger partial charge in [0.1, 0.15) is 0 Å². The van der Waals surface area contributed by atoms with Gasteiger partial charge in [0.25, 0.3) is 0 Å². The molecule has 0 aromatic rings. The molecule has 0 atom stereocenters. The van der Waals surface area contributed by atoms with Crippen molar-refractivity contribution in [3.63, 3.8) is 0 Å². The third-order valence-corrected chi connectivity index (χ3v) is 0. The molecule has 64 valence electrons. The molecule has 0 aromatic carbocycles. The molecule has 0 bridgehead atoms. The van der Waals surface area contributed by atoms with E-state index in [0.29, 0.717) is 0 Å². The maximum atomic E-state index is 4.99. The van der Waals surface area contributed by atoms with Gasteiger partial charge in [-0.3, -0.25) is 0 Å². The van der Waals surface area contributed by atoms with Crippen molar-refractivity contribution in [2.75, 3.05) is 0 Å². The quantitative estimate of drug-likeness (QED) is 0.457. The van der Waals surface area contributed by atoms with Crippen LogP contribution in [0.1, 0.15) is 0 Å². The van der Waals surface area contributed by atoms with Crippen molar-refractivity contribution in [1.82, 2.24) is 0 Å². The van der Waals surface area contributed by atoms with E-state index in [9.17, 15) is 0 Å². The average Bonchev–Trinajstić information content (AvgIpc) is 1.12. The van der Waals surface area contributed by atoms with Crippen LogP contribution in [0.5, 0.6) is 0 Å². The third-order valence-electron chi connectivity index (χ3n) is 0. The van der Waals surface area contributed by atoms with Crippen LogP contribution in [0, 0.1) is 0 Å². The van der Waals surface area contributed by atoms with Gasteiger partial charge in [-0.1, -0.05) is 0 Å². The Kier molecular flexibility index (Phi) is 19.6. The molecule has 0 rings (SSSR count). The van der Waals surface area contributed by atoms with E-state index in [4.69, 9.17) is 80.4 Å². The maximum Gasteiger partial charge on any atom is 2.00 e. The molecule has 0 heterocycles. The molecule has 0 aliphatic rings. The normalized spacial score (nSPS) is 10.9. The Labute approximate surface area is 144 Å². The van der Waals surface area contributed by atoms with Gasteiger partial charge in [-0.25, -0.2) is 0 Å². The Hall–Kier alpha value is 4.96. The van der Waals surface area contributed by atoms with Crippen molar-refractivity contribution < 1.29 is 0 Å². The van der Waals surface area contributed by atoms with Crippen LogP contribution in [0.15, 0.2) is 0 Å². The fourth-order valence-corrected chi connectivity index (χ4v) is 0. The first-order chi connectivity index (χ1) is 4.00. The second-order valence-corrected chi connectivity index (χ2v) is 26.7. The molecule has 0 amide bonds. The van der Waals surface area contributed by atoms with E-state index in [-0.39, 0.29) is 48.9 Å². The van der Waals surface area contributed by atoms with E-state index in [1.54, 1.807) is 0 Å². The van der Waals surface area contributed by atoms with Crippen molar-refractivity contribution in [2.45, 2.75) is 0 Å². The minimum atomic E-state index is -2.94. The molecule has 0 fully saturated rings. The van der Waals surface area contributed by atoms with Crippen LogP contribution >= 0.6 is 80.4 Å². The molecule has 11 heavy (non-hydrogen) atoms. The van der Waals surface area contributed by atoms with Gasteiger partial charge in [-0.15, -0.1) is 0 Å². The summed E-state index contributed by atoms with van der Waals surface area (Å²) in [5.74, 6) is 0. The molecule has 0 aromatic heterocycles. The molecular formula is Al2BaCl8. The topological polar surface area (TPSA) is 0 Å². The van der Waals surface area contributed by atoms with Crippen LogP contribution in [0.3, 0.4) is 0 Å². The molecule has 0 radical (unpaired) electrons. The van der Waals surface area contributed by atoms with Gasteiger partial charge >= 0.3 is 67.7 Å². The van der Waals surface area contributed by atoms with Gasteiger partial charge in [0.15, 0.2) is 0 Å². The van der Waals surface area contributed by atoms with Crippen molar-refractivity contribution in [1.29, 1.82) is 0 Å². The summed E-state index contributed by atoms with van der Waals surface area (Å²) in [6.45, 7) is 0. The summed E-state index contributed by atoms with van der Waals surface area (Å²) >= 11 is 0. The standard InChI is InChI=1S/2Al.Ba.8ClH/h;;;8*1H/q2*+3;+2;;;;;;;;/p-8. The zero-order valence-electron chi connectivity index (χ0n) is 4.89. The van der Waals surface area contributed by atoms with Crippen molar-refractivity contribution in [2.24, 2.45) is 0 Å². The molecule has 0 saturated heterocycles. The summed E-state index contributed by atoms with van der Waals surface area (Å²) in [5, 5.41) is 0. The first-order valence-corrected chi connectivity index (χ1v) is 15.7. The van der Waals surface area contributed by atoms with Gasteiger partial charge in [0, 0.05) is 0 Å². The minimum absolute atomic E-state index is 0. The van der Waals surface area contributed by atoms with Gasteiger partial charge in [0.05, 0.1) is 0 Å². The summed E-state index contributed by atoms with van der Waals surface area (Å²) in [7, 11) is 34.1. The minimum Gasteiger partial charge on any atom is -0.391 e. The van der Waals surface area contributed by atoms with Crippen LogP contribution in [0.4, 0.5) is 0 Å². The molecule has 0 N–H and O–H groups in total. The third kappa shape index (κ3) is 102. The van der Waals surface area contributed by atoms with E-state index in [0.717, 1.165) is 0 Å². The molecule has 0 aliphatic heterocycles. The second-order valence-electron chi connectivity index (χ2n) is 0.990. The summed E-state index contributed by atoms with van der Waals surface area (Å²) < 4.78 is 0. The summed E-state index contributed by atoms with van der Waals surface area (Å²) in [5.41, 5.74) is 0. The predicted molar refractivity (Wildman–Crippen MR) is 64.1 cm³/mol. The number of halogens is 8. The summed E-state index contributed by atoms with van der Waals surface area (Å²) in [4.78, 5) is 0. The Morgan fingerprint density at radius 2 is 0.455 bits per heavy atom. The molecule has 0 unspecified atom stereocenters. The number of hydrogen-bond acceptors (Lipinski definition) is 0. The SMILES string of the molecule is [Ba+2].[Cl][Al-]([Cl])([Cl])[Cl].[Cl][Al-]([Cl])([Cl])[Cl]. The van der Waals surface area contributed by atoms with Crippen molar-refractivity contribution in [3.05, 3.63) is 0 Å². The predicted octanol–water partition coefficient (Wildman–Crippen LogP) is 4.37. The Balaban J connectivity index is -0.000000107. The zero-order valence-corrected chi connectivity index (χ0v) is 17.7. The van der Waals surface area contributed by atoms with Crippen LogP contribution in [0.2, 0.25) is 0 Å². The molecule has 0 nitrogen and oxygen atoms in total. The Bertz CT molecular complexity index is 55.1. The fraction of sp³-hybridized carbons (Fsp3) is 0. The maximum absolute atomic E-state index is 4.99. The number of rotatable bonds is 0. The summed E-state index contributed by atoms with van der Waals surface area (Å²) in [6.07, 6.45) is 0. The van der Waals surface area contributed by atoms with E-state index in [1.165, 1.54) is 0 Å². The first kappa shape index (κ1) is 21.3. The van der Waals surface area contributed by atoms with E-state index in [2.05, 4.69) is 0 Å². The number of hydrogen-bond donors (Lipinski definition) is 0. The molecular weight excluding hydrogens is 475 g/mol. The average molecular weight is 475 g/mol. The first-order valence-electron chi connectivity index (χ1n) is 1.75. The van der Waals surface area contributed by atoms with E-state index >= 15 is 0 Å². The largest absolute Gasteiger partial charge is 2.00 e. The van der Waals surface area contributed by atoms with Gasteiger partial charge in [-0.2, -0.15) is 0 Å². The van der Waals surface area contributed by atoms with E-state index in [1.807, 2.05) is 0 Å². The Morgan fingerprint density at radius 3 is 0.455 bits per heavy atom. The van der Waals surface area contributed by atoms with Gasteiger partial charge < -0.3 is 80.4 Å². The van der Waals surface area contributed by atoms with Gasteiger partial charge in [0.2, 0.25) is 0 Å². The second kappa shape index (κ2) is 10.1. The molecule has 0 spiro atoms. The fourth-order valence-electron chi connectivity index (χ4n) is 0.